The zero-order chi connectivity index (χ0) is 13.7. The number of benzene rings is 3. The highest BCUT2D eigenvalue weighted by molar-refractivity contribution is 6.07. The molecule has 1 nitrogen and oxygen atoms in total. The summed E-state index contributed by atoms with van der Waals surface area (Å²) in [6.45, 7) is 2.19. The van der Waals surface area contributed by atoms with Gasteiger partial charge in [-0.25, -0.2) is 0 Å². The summed E-state index contributed by atoms with van der Waals surface area (Å²) in [5.41, 5.74) is 3.93. The molecule has 0 saturated heterocycles. The lowest BCUT2D eigenvalue weighted by atomic mass is 10.0. The van der Waals surface area contributed by atoms with Crippen LogP contribution in [-0.2, 0) is 7.05 Å². The predicted octanol–water partition coefficient (Wildman–Crippen LogP) is 4.28. The third-order valence-electron chi connectivity index (χ3n) is 4.20. The number of pyridine rings is 1. The number of aromatic nitrogens is 1. The van der Waals surface area contributed by atoms with E-state index in [-0.39, 0.29) is 0 Å². The van der Waals surface area contributed by atoms with Gasteiger partial charge in [0.1, 0.15) is 7.05 Å². The van der Waals surface area contributed by atoms with E-state index >= 15 is 0 Å². The maximum absolute atomic E-state index is 2.32. The molecule has 0 radical (unpaired) electrons. The molecule has 0 aliphatic heterocycles. The van der Waals surface area contributed by atoms with Crippen molar-refractivity contribution >= 4 is 32.6 Å². The highest BCUT2D eigenvalue weighted by Gasteiger charge is 2.15. The van der Waals surface area contributed by atoms with Crippen LogP contribution in [0.25, 0.3) is 32.6 Å². The van der Waals surface area contributed by atoms with Crippen LogP contribution in [-0.4, -0.2) is 0 Å². The van der Waals surface area contributed by atoms with Gasteiger partial charge in [0.25, 0.3) is 0 Å². The minimum Gasteiger partial charge on any atom is -0.194 e. The monoisotopic (exact) mass is 258 g/mol. The average Bonchev–Trinajstić information content (AvgIpc) is 2.47. The molecule has 0 N–H and O–H groups in total. The van der Waals surface area contributed by atoms with Gasteiger partial charge in [0.2, 0.25) is 11.0 Å². The molecule has 1 aromatic heterocycles. The lowest BCUT2D eigenvalue weighted by Gasteiger charge is -2.07. The number of fused-ring (bicyclic) bond motifs is 4. The van der Waals surface area contributed by atoms with Crippen LogP contribution in [0.5, 0.6) is 0 Å². The number of aryl methyl sites for hydroxylation is 2. The molecule has 0 amide bonds. The summed E-state index contributed by atoms with van der Waals surface area (Å²) in [5, 5.41) is 5.25. The Balaban J connectivity index is 2.35. The summed E-state index contributed by atoms with van der Waals surface area (Å²) >= 11 is 0. The molecule has 0 unspecified atom stereocenters. The Kier molecular flexibility index (Phi) is 2.31. The quantitative estimate of drug-likeness (QED) is 0.252. The number of hydrogen-bond acceptors (Lipinski definition) is 0. The van der Waals surface area contributed by atoms with E-state index in [1.54, 1.807) is 0 Å². The van der Waals surface area contributed by atoms with Gasteiger partial charge >= 0.3 is 0 Å². The van der Waals surface area contributed by atoms with E-state index < -0.39 is 0 Å². The number of para-hydroxylation sites is 1. The van der Waals surface area contributed by atoms with Crippen molar-refractivity contribution in [3.63, 3.8) is 0 Å². The Morgan fingerprint density at radius 3 is 2.40 bits per heavy atom. The zero-order valence-corrected chi connectivity index (χ0v) is 11.7. The standard InChI is InChI=1S/C19H16N/c1-13-6-5-8-14-10-11-16-12-15-7-3-4-9-17(15)20(2)19(16)18(13)14/h3-12H,1-2H3/q+1. The normalized spacial score (nSPS) is 11.5. The van der Waals surface area contributed by atoms with Gasteiger partial charge in [-0.05, 0) is 36.1 Å². The van der Waals surface area contributed by atoms with Gasteiger partial charge in [-0.1, -0.05) is 36.4 Å². The van der Waals surface area contributed by atoms with E-state index in [0.717, 1.165) is 0 Å². The molecule has 0 fully saturated rings. The van der Waals surface area contributed by atoms with Crippen LogP contribution in [0.15, 0.2) is 60.7 Å². The maximum atomic E-state index is 2.32. The molecule has 0 bridgehead atoms. The molecule has 4 aromatic rings. The summed E-state index contributed by atoms with van der Waals surface area (Å²) in [5.74, 6) is 0. The van der Waals surface area contributed by atoms with Crippen molar-refractivity contribution in [2.24, 2.45) is 7.05 Å². The third kappa shape index (κ3) is 1.47. The van der Waals surface area contributed by atoms with E-state index in [2.05, 4.69) is 79.2 Å². The highest BCUT2D eigenvalue weighted by atomic mass is 14.9. The summed E-state index contributed by atoms with van der Waals surface area (Å²) in [7, 11) is 2.16. The fourth-order valence-corrected chi connectivity index (χ4v) is 3.24. The van der Waals surface area contributed by atoms with Gasteiger partial charge in [0.15, 0.2) is 0 Å². The zero-order valence-electron chi connectivity index (χ0n) is 11.7. The first-order chi connectivity index (χ1) is 9.75. The molecule has 0 aliphatic carbocycles. The second-order valence-electron chi connectivity index (χ2n) is 5.44. The molecule has 4 rings (SSSR count). The van der Waals surface area contributed by atoms with Gasteiger partial charge in [0.05, 0.1) is 5.39 Å². The molecular formula is C19H16N+. The minimum absolute atomic E-state index is 1.27. The second kappa shape index (κ2) is 4.04. The topological polar surface area (TPSA) is 3.88 Å². The second-order valence-corrected chi connectivity index (χ2v) is 5.44. The van der Waals surface area contributed by atoms with Gasteiger partial charge in [-0.15, -0.1) is 0 Å². The molecule has 96 valence electrons. The highest BCUT2D eigenvalue weighted by Crippen LogP contribution is 2.27. The number of nitrogens with zero attached hydrogens (tertiary/aromatic N) is 1. The summed E-state index contributed by atoms with van der Waals surface area (Å²) in [6.07, 6.45) is 0. The van der Waals surface area contributed by atoms with Crippen LogP contribution in [0.3, 0.4) is 0 Å². The van der Waals surface area contributed by atoms with Crippen molar-refractivity contribution in [1.82, 2.24) is 0 Å². The Morgan fingerprint density at radius 2 is 1.50 bits per heavy atom. The lowest BCUT2D eigenvalue weighted by Crippen LogP contribution is -2.30. The largest absolute Gasteiger partial charge is 0.220 e. The van der Waals surface area contributed by atoms with E-state index in [0.29, 0.717) is 0 Å². The van der Waals surface area contributed by atoms with Gasteiger partial charge in [-0.3, -0.25) is 0 Å². The summed E-state index contributed by atoms with van der Waals surface area (Å²) in [6, 6.07) is 21.8. The minimum atomic E-state index is 1.27. The average molecular weight is 258 g/mol. The Bertz CT molecular complexity index is 967. The van der Waals surface area contributed by atoms with E-state index in [1.165, 1.54) is 38.1 Å². The van der Waals surface area contributed by atoms with E-state index in [9.17, 15) is 0 Å². The van der Waals surface area contributed by atoms with E-state index in [1.807, 2.05) is 0 Å². The Labute approximate surface area is 118 Å². The van der Waals surface area contributed by atoms with Crippen molar-refractivity contribution in [3.05, 3.63) is 66.2 Å². The Morgan fingerprint density at radius 1 is 0.750 bits per heavy atom. The Hall–Kier alpha value is -2.41. The fourth-order valence-electron chi connectivity index (χ4n) is 3.24. The molecule has 3 aromatic carbocycles. The molecule has 0 saturated carbocycles. The molecule has 1 heteroatoms. The number of rotatable bonds is 0. The summed E-state index contributed by atoms with van der Waals surface area (Å²) in [4.78, 5) is 0. The molecule has 20 heavy (non-hydrogen) atoms. The van der Waals surface area contributed by atoms with Gasteiger partial charge in [0, 0.05) is 16.8 Å². The van der Waals surface area contributed by atoms with Crippen LogP contribution < -0.4 is 4.57 Å². The first kappa shape index (κ1) is 11.4. The summed E-state index contributed by atoms with van der Waals surface area (Å²) < 4.78 is 2.32. The van der Waals surface area contributed by atoms with Crippen molar-refractivity contribution in [1.29, 1.82) is 0 Å². The fraction of sp³-hybridized carbons (Fsp3) is 0.105. The van der Waals surface area contributed by atoms with Crippen molar-refractivity contribution in [3.8, 4) is 0 Å². The van der Waals surface area contributed by atoms with Crippen LogP contribution in [0, 0.1) is 6.92 Å². The van der Waals surface area contributed by atoms with Gasteiger partial charge < -0.3 is 0 Å². The molecule has 0 aliphatic rings. The van der Waals surface area contributed by atoms with Crippen molar-refractivity contribution in [2.75, 3.05) is 0 Å². The maximum Gasteiger partial charge on any atom is 0.220 e. The SMILES string of the molecule is Cc1cccc2ccc3cc4ccccc4[n+](C)c3c12. The van der Waals surface area contributed by atoms with Crippen molar-refractivity contribution < 1.29 is 4.57 Å². The smallest absolute Gasteiger partial charge is 0.194 e. The van der Waals surface area contributed by atoms with Crippen molar-refractivity contribution in [2.45, 2.75) is 6.92 Å². The molecule has 1 heterocycles. The first-order valence-corrected chi connectivity index (χ1v) is 6.95. The van der Waals surface area contributed by atoms with E-state index in [4.69, 9.17) is 0 Å². The predicted molar refractivity (Wildman–Crippen MR) is 84.9 cm³/mol. The van der Waals surface area contributed by atoms with Gasteiger partial charge in [-0.2, -0.15) is 4.57 Å². The number of hydrogen-bond donors (Lipinski definition) is 0. The molecule has 0 spiro atoms. The van der Waals surface area contributed by atoms with Crippen LogP contribution >= 0.6 is 0 Å². The first-order valence-electron chi connectivity index (χ1n) is 6.95. The third-order valence-corrected chi connectivity index (χ3v) is 4.20. The lowest BCUT2D eigenvalue weighted by molar-refractivity contribution is -0.616. The molecule has 0 atom stereocenters. The van der Waals surface area contributed by atoms with Crippen LogP contribution in [0.4, 0.5) is 0 Å². The van der Waals surface area contributed by atoms with Crippen LogP contribution in [0.1, 0.15) is 5.56 Å². The van der Waals surface area contributed by atoms with Crippen LogP contribution in [0.2, 0.25) is 0 Å². The molecular weight excluding hydrogens is 242 g/mol.